The molecule has 3 amide bonds. The second-order valence-electron chi connectivity index (χ2n) is 6.61. The summed E-state index contributed by atoms with van der Waals surface area (Å²) in [4.78, 5) is 28.4. The van der Waals surface area contributed by atoms with Crippen molar-refractivity contribution < 1.29 is 9.59 Å². The van der Waals surface area contributed by atoms with E-state index in [1.54, 1.807) is 4.90 Å². The molecule has 1 atom stereocenters. The Bertz CT molecular complexity index is 594. The maximum Gasteiger partial charge on any atom is 0.317 e. The van der Waals surface area contributed by atoms with Crippen molar-refractivity contribution >= 4 is 17.6 Å². The summed E-state index contributed by atoms with van der Waals surface area (Å²) in [5.41, 5.74) is 3.30. The molecule has 1 saturated heterocycles. The Morgan fingerprint density at radius 3 is 2.46 bits per heavy atom. The normalized spacial score (nSPS) is 17.2. The maximum atomic E-state index is 12.4. The molecule has 0 aliphatic carbocycles. The summed E-state index contributed by atoms with van der Waals surface area (Å²) in [7, 11) is 0. The number of hydrogen-bond acceptors (Lipinski definition) is 2. The smallest absolute Gasteiger partial charge is 0.317 e. The van der Waals surface area contributed by atoms with Gasteiger partial charge >= 0.3 is 6.03 Å². The summed E-state index contributed by atoms with van der Waals surface area (Å²) in [6.07, 6.45) is 2.24. The zero-order chi connectivity index (χ0) is 17.7. The fourth-order valence-corrected chi connectivity index (χ4v) is 3.07. The number of urea groups is 1. The number of nitrogens with one attached hydrogen (secondary N) is 1. The molecule has 1 N–H and O–H groups in total. The van der Waals surface area contributed by atoms with Crippen molar-refractivity contribution in [3.05, 3.63) is 29.3 Å². The van der Waals surface area contributed by atoms with Gasteiger partial charge in [0.25, 0.3) is 0 Å². The summed E-state index contributed by atoms with van der Waals surface area (Å²) in [6.45, 7) is 10.3. The molecule has 2 rings (SSSR count). The van der Waals surface area contributed by atoms with Gasteiger partial charge in [-0.25, -0.2) is 4.79 Å². The van der Waals surface area contributed by atoms with Gasteiger partial charge < -0.3 is 15.1 Å². The Morgan fingerprint density at radius 1 is 1.21 bits per heavy atom. The van der Waals surface area contributed by atoms with Crippen molar-refractivity contribution in [3.8, 4) is 0 Å². The molecule has 0 saturated carbocycles. The van der Waals surface area contributed by atoms with Crippen molar-refractivity contribution in [2.75, 3.05) is 24.5 Å². The van der Waals surface area contributed by atoms with Crippen LogP contribution in [0.2, 0.25) is 0 Å². The molecule has 0 bridgehead atoms. The van der Waals surface area contributed by atoms with Crippen LogP contribution in [0, 0.1) is 13.8 Å². The molecule has 0 radical (unpaired) electrons. The average molecular weight is 331 g/mol. The first-order valence-corrected chi connectivity index (χ1v) is 8.89. The van der Waals surface area contributed by atoms with Gasteiger partial charge in [0.1, 0.15) is 0 Å². The van der Waals surface area contributed by atoms with Crippen LogP contribution in [0.3, 0.4) is 0 Å². The van der Waals surface area contributed by atoms with Gasteiger partial charge in [-0.05, 0) is 49.9 Å². The average Bonchev–Trinajstić information content (AvgIpc) is 2.90. The monoisotopic (exact) mass is 331 g/mol. The molecule has 132 valence electrons. The molecule has 0 spiro atoms. The fraction of sp³-hybridized carbons (Fsp3) is 0.579. The third kappa shape index (κ3) is 4.28. The third-order valence-electron chi connectivity index (χ3n) is 4.53. The van der Waals surface area contributed by atoms with E-state index in [4.69, 9.17) is 0 Å². The van der Waals surface area contributed by atoms with Crippen LogP contribution in [0.1, 0.15) is 44.2 Å². The largest absolute Gasteiger partial charge is 0.333 e. The van der Waals surface area contributed by atoms with Gasteiger partial charge in [-0.15, -0.1) is 0 Å². The first kappa shape index (κ1) is 18.3. The van der Waals surface area contributed by atoms with Crippen LogP contribution in [0.5, 0.6) is 0 Å². The predicted octanol–water partition coefficient (Wildman–Crippen LogP) is 3.24. The van der Waals surface area contributed by atoms with Crippen LogP contribution >= 0.6 is 0 Å². The summed E-state index contributed by atoms with van der Waals surface area (Å²) < 4.78 is 0. The minimum Gasteiger partial charge on any atom is -0.333 e. The lowest BCUT2D eigenvalue weighted by molar-refractivity contribution is -0.117. The molecule has 0 unspecified atom stereocenters. The van der Waals surface area contributed by atoms with Gasteiger partial charge in [0.15, 0.2) is 0 Å². The lowest BCUT2D eigenvalue weighted by Crippen LogP contribution is -2.46. The Balaban J connectivity index is 2.01. The molecule has 1 heterocycles. The van der Waals surface area contributed by atoms with E-state index in [-0.39, 0.29) is 18.0 Å². The standard InChI is InChI=1S/C19H29N3O2/c1-5-9-21(10-6-2)19(24)20-16-12-18(23)22(13-16)17-8-7-14(3)15(4)11-17/h7-8,11,16H,5-6,9-10,12-13H2,1-4H3,(H,20,24)/t16-/m1/s1. The predicted molar refractivity (Wildman–Crippen MR) is 97.4 cm³/mol. The quantitative estimate of drug-likeness (QED) is 0.870. The van der Waals surface area contributed by atoms with Crippen LogP contribution in [0.4, 0.5) is 10.5 Å². The van der Waals surface area contributed by atoms with E-state index in [2.05, 4.69) is 26.1 Å². The molecule has 24 heavy (non-hydrogen) atoms. The fourth-order valence-electron chi connectivity index (χ4n) is 3.07. The van der Waals surface area contributed by atoms with Crippen LogP contribution in [-0.4, -0.2) is 42.5 Å². The Morgan fingerprint density at radius 2 is 1.88 bits per heavy atom. The first-order chi connectivity index (χ1) is 11.5. The molecule has 1 aromatic rings. The lowest BCUT2D eigenvalue weighted by atomic mass is 10.1. The molecular weight excluding hydrogens is 302 g/mol. The molecule has 1 aliphatic rings. The highest BCUT2D eigenvalue weighted by molar-refractivity contribution is 5.96. The van der Waals surface area contributed by atoms with Gasteiger partial charge in [-0.3, -0.25) is 4.79 Å². The number of hydrogen-bond donors (Lipinski definition) is 1. The van der Waals surface area contributed by atoms with Gasteiger partial charge in [0.05, 0.1) is 6.04 Å². The van der Waals surface area contributed by atoms with Gasteiger partial charge in [-0.1, -0.05) is 19.9 Å². The Kier molecular flexibility index (Phi) is 6.23. The van der Waals surface area contributed by atoms with E-state index in [0.717, 1.165) is 31.6 Å². The molecular formula is C19H29N3O2. The number of carbonyl (C=O) groups is 2. The van der Waals surface area contributed by atoms with Gasteiger partial charge in [-0.2, -0.15) is 0 Å². The number of aryl methyl sites for hydroxylation is 2. The van der Waals surface area contributed by atoms with E-state index in [0.29, 0.717) is 13.0 Å². The molecule has 5 nitrogen and oxygen atoms in total. The Labute approximate surface area is 145 Å². The van der Waals surface area contributed by atoms with Crippen LogP contribution in [-0.2, 0) is 4.79 Å². The highest BCUT2D eigenvalue weighted by Crippen LogP contribution is 2.24. The second kappa shape index (κ2) is 8.18. The zero-order valence-corrected chi connectivity index (χ0v) is 15.3. The number of rotatable bonds is 6. The summed E-state index contributed by atoms with van der Waals surface area (Å²) >= 11 is 0. The maximum absolute atomic E-state index is 12.4. The number of benzene rings is 1. The lowest BCUT2D eigenvalue weighted by Gasteiger charge is -2.24. The summed E-state index contributed by atoms with van der Waals surface area (Å²) in [6, 6.07) is 5.87. The molecule has 1 aliphatic heterocycles. The van der Waals surface area contributed by atoms with Crippen molar-refractivity contribution in [2.45, 2.75) is 53.0 Å². The number of carbonyl (C=O) groups excluding carboxylic acids is 2. The summed E-state index contributed by atoms with van der Waals surface area (Å²) in [5, 5.41) is 3.03. The number of anilines is 1. The van der Waals surface area contributed by atoms with Gasteiger partial charge in [0.2, 0.25) is 5.91 Å². The van der Waals surface area contributed by atoms with Crippen molar-refractivity contribution in [1.82, 2.24) is 10.2 Å². The first-order valence-electron chi connectivity index (χ1n) is 8.89. The van der Waals surface area contributed by atoms with E-state index < -0.39 is 0 Å². The van der Waals surface area contributed by atoms with Crippen molar-refractivity contribution in [2.24, 2.45) is 0 Å². The van der Waals surface area contributed by atoms with E-state index in [1.807, 2.05) is 30.0 Å². The van der Waals surface area contributed by atoms with Gasteiger partial charge in [0, 0.05) is 31.7 Å². The summed E-state index contributed by atoms with van der Waals surface area (Å²) in [5.74, 6) is 0.0705. The molecule has 1 aromatic carbocycles. The SMILES string of the molecule is CCCN(CCC)C(=O)N[C@@H]1CC(=O)N(c2ccc(C)c(C)c2)C1. The van der Waals surface area contributed by atoms with E-state index >= 15 is 0 Å². The minimum atomic E-state index is -0.122. The topological polar surface area (TPSA) is 52.7 Å². The van der Waals surface area contributed by atoms with Crippen LogP contribution in [0.25, 0.3) is 0 Å². The van der Waals surface area contributed by atoms with Crippen LogP contribution in [0.15, 0.2) is 18.2 Å². The highest BCUT2D eigenvalue weighted by Gasteiger charge is 2.32. The second-order valence-corrected chi connectivity index (χ2v) is 6.61. The minimum absolute atomic E-state index is 0.0570. The van der Waals surface area contributed by atoms with E-state index in [1.165, 1.54) is 11.1 Å². The number of nitrogens with zero attached hydrogens (tertiary/aromatic N) is 2. The zero-order valence-electron chi connectivity index (χ0n) is 15.3. The van der Waals surface area contributed by atoms with Crippen LogP contribution < -0.4 is 10.2 Å². The van der Waals surface area contributed by atoms with E-state index in [9.17, 15) is 9.59 Å². The third-order valence-corrected chi connectivity index (χ3v) is 4.53. The highest BCUT2D eigenvalue weighted by atomic mass is 16.2. The number of amides is 3. The van der Waals surface area contributed by atoms with Crippen molar-refractivity contribution in [3.63, 3.8) is 0 Å². The van der Waals surface area contributed by atoms with Crippen molar-refractivity contribution in [1.29, 1.82) is 0 Å². The molecule has 1 fully saturated rings. The molecule has 5 heteroatoms. The Hall–Kier alpha value is -2.04. The molecule has 0 aromatic heterocycles.